The first-order valence-corrected chi connectivity index (χ1v) is 9.98. The van der Waals surface area contributed by atoms with Crippen LogP contribution >= 0.6 is 11.8 Å². The highest BCUT2D eigenvalue weighted by molar-refractivity contribution is 7.99. The first-order valence-electron chi connectivity index (χ1n) is 8.99. The minimum Gasteiger partial charge on any atom is -0.366 e. The van der Waals surface area contributed by atoms with E-state index in [2.05, 4.69) is 10.3 Å². The van der Waals surface area contributed by atoms with Gasteiger partial charge in [-0.05, 0) is 49.9 Å². The van der Waals surface area contributed by atoms with Gasteiger partial charge in [0.05, 0.1) is 11.7 Å². The lowest BCUT2D eigenvalue weighted by molar-refractivity contribution is -0.116. The number of anilines is 1. The zero-order valence-electron chi connectivity index (χ0n) is 14.7. The van der Waals surface area contributed by atoms with Crippen LogP contribution in [0.5, 0.6) is 0 Å². The van der Waals surface area contributed by atoms with Crippen LogP contribution in [0.4, 0.5) is 5.69 Å². The van der Waals surface area contributed by atoms with Crippen LogP contribution in [0.3, 0.4) is 0 Å². The molecule has 2 aliphatic rings. The number of benzene rings is 1. The average Bonchev–Trinajstić information content (AvgIpc) is 3.05. The largest absolute Gasteiger partial charge is 0.366 e. The van der Waals surface area contributed by atoms with Gasteiger partial charge in [-0.15, -0.1) is 0 Å². The molecule has 2 aromatic rings. The first kappa shape index (κ1) is 17.8. The number of nitrogens with two attached hydrogens (primary N) is 1. The van der Waals surface area contributed by atoms with Crippen LogP contribution in [0.15, 0.2) is 34.2 Å². The van der Waals surface area contributed by atoms with Gasteiger partial charge in [-0.3, -0.25) is 19.0 Å². The van der Waals surface area contributed by atoms with Crippen molar-refractivity contribution < 1.29 is 9.59 Å². The molecule has 1 aliphatic carbocycles. The Morgan fingerprint density at radius 3 is 2.70 bits per heavy atom. The summed E-state index contributed by atoms with van der Waals surface area (Å²) in [5.41, 5.74) is 7.96. The fourth-order valence-corrected chi connectivity index (χ4v) is 4.76. The number of aromatic nitrogens is 2. The predicted octanol–water partition coefficient (Wildman–Crippen LogP) is 1.90. The summed E-state index contributed by atoms with van der Waals surface area (Å²) in [7, 11) is 0. The van der Waals surface area contributed by atoms with Crippen LogP contribution < -0.4 is 16.6 Å². The molecule has 1 unspecified atom stereocenters. The number of fused-ring (bicyclic) bond motifs is 2. The molecule has 0 saturated carbocycles. The molecular weight excluding hydrogens is 364 g/mol. The van der Waals surface area contributed by atoms with E-state index < -0.39 is 5.91 Å². The van der Waals surface area contributed by atoms with E-state index in [9.17, 15) is 14.4 Å². The number of rotatable bonds is 4. The summed E-state index contributed by atoms with van der Waals surface area (Å²) >= 11 is 1.54. The van der Waals surface area contributed by atoms with E-state index in [1.165, 1.54) is 11.8 Å². The van der Waals surface area contributed by atoms with Gasteiger partial charge in [0.15, 0.2) is 5.16 Å². The number of carbonyl (C=O) groups is 2. The molecule has 1 aliphatic heterocycles. The van der Waals surface area contributed by atoms with Gasteiger partial charge >= 0.3 is 0 Å². The number of nitrogens with one attached hydrogen (secondary N) is 1. The van der Waals surface area contributed by atoms with E-state index in [4.69, 9.17) is 5.73 Å². The topological polar surface area (TPSA) is 107 Å². The van der Waals surface area contributed by atoms with Gasteiger partial charge in [-0.1, -0.05) is 11.8 Å². The van der Waals surface area contributed by atoms with Crippen molar-refractivity contribution in [3.8, 4) is 0 Å². The minimum absolute atomic E-state index is 0.0170. The lowest BCUT2D eigenvalue weighted by Crippen LogP contribution is -2.32. The van der Waals surface area contributed by atoms with Gasteiger partial charge in [0, 0.05) is 29.0 Å². The van der Waals surface area contributed by atoms with E-state index in [-0.39, 0.29) is 23.9 Å². The van der Waals surface area contributed by atoms with Gasteiger partial charge in [0.25, 0.3) is 5.56 Å². The molecule has 27 heavy (non-hydrogen) atoms. The van der Waals surface area contributed by atoms with Crippen molar-refractivity contribution in [2.24, 2.45) is 5.73 Å². The number of nitrogens with zero attached hydrogens (tertiary/aromatic N) is 2. The lowest BCUT2D eigenvalue weighted by atomic mass is 9.97. The normalized spacial score (nSPS) is 17.9. The van der Waals surface area contributed by atoms with Gasteiger partial charge in [0.2, 0.25) is 11.8 Å². The molecule has 3 N–H and O–H groups in total. The van der Waals surface area contributed by atoms with Gasteiger partial charge in [-0.2, -0.15) is 0 Å². The summed E-state index contributed by atoms with van der Waals surface area (Å²) in [5, 5.41) is 3.54. The number of aryl methyl sites for hydroxylation is 1. The molecule has 0 bridgehead atoms. The third kappa shape index (κ3) is 3.49. The van der Waals surface area contributed by atoms with Crippen molar-refractivity contribution in [3.05, 3.63) is 51.4 Å². The van der Waals surface area contributed by atoms with Crippen LogP contribution in [0.1, 0.15) is 46.9 Å². The highest BCUT2D eigenvalue weighted by atomic mass is 32.2. The Morgan fingerprint density at radius 2 is 1.96 bits per heavy atom. The summed E-state index contributed by atoms with van der Waals surface area (Å²) in [6.07, 6.45) is 3.94. The summed E-state index contributed by atoms with van der Waals surface area (Å²) in [5.74, 6) is -0.0216. The number of thioether (sulfide) groups is 1. The Bertz CT molecular complexity index is 968. The van der Waals surface area contributed by atoms with Crippen LogP contribution in [0.25, 0.3) is 0 Å². The van der Waals surface area contributed by atoms with Crippen molar-refractivity contribution in [1.82, 2.24) is 9.55 Å². The average molecular weight is 384 g/mol. The van der Waals surface area contributed by atoms with Crippen LogP contribution in [0.2, 0.25) is 0 Å². The SMILES string of the molecule is NC(=O)c1ccc(NC(=O)CC2CSc3nc4c(c(=O)n32)CCCC4)cc1. The molecular formula is C19H20N4O3S. The zero-order valence-corrected chi connectivity index (χ0v) is 15.6. The van der Waals surface area contributed by atoms with Gasteiger partial charge in [0.1, 0.15) is 0 Å². The second-order valence-corrected chi connectivity index (χ2v) is 7.85. The lowest BCUT2D eigenvalue weighted by Gasteiger charge is -2.18. The zero-order chi connectivity index (χ0) is 19.0. The monoisotopic (exact) mass is 384 g/mol. The van der Waals surface area contributed by atoms with Crippen molar-refractivity contribution >= 4 is 29.3 Å². The second kappa shape index (κ2) is 7.19. The highest BCUT2D eigenvalue weighted by Gasteiger charge is 2.30. The van der Waals surface area contributed by atoms with Crippen LogP contribution in [-0.4, -0.2) is 27.1 Å². The molecule has 8 heteroatoms. The van der Waals surface area contributed by atoms with Gasteiger partial charge in [-0.25, -0.2) is 4.98 Å². The Hall–Kier alpha value is -2.61. The van der Waals surface area contributed by atoms with Crippen molar-refractivity contribution in [2.45, 2.75) is 43.3 Å². The fourth-order valence-electron chi connectivity index (χ4n) is 3.61. The summed E-state index contributed by atoms with van der Waals surface area (Å²) < 4.78 is 1.70. The molecule has 2 heterocycles. The molecule has 4 rings (SSSR count). The summed E-state index contributed by atoms with van der Waals surface area (Å²) in [4.78, 5) is 41.1. The van der Waals surface area contributed by atoms with Crippen LogP contribution in [0, 0.1) is 0 Å². The summed E-state index contributed by atoms with van der Waals surface area (Å²) in [6.45, 7) is 0. The maximum Gasteiger partial charge on any atom is 0.257 e. The molecule has 0 fully saturated rings. The Balaban J connectivity index is 1.49. The van der Waals surface area contributed by atoms with Gasteiger partial charge < -0.3 is 11.1 Å². The number of amides is 2. The second-order valence-electron chi connectivity index (χ2n) is 6.86. The Morgan fingerprint density at radius 1 is 1.22 bits per heavy atom. The molecule has 7 nitrogen and oxygen atoms in total. The van der Waals surface area contributed by atoms with Crippen LogP contribution in [-0.2, 0) is 17.6 Å². The molecule has 0 saturated heterocycles. The van der Waals surface area contributed by atoms with Crippen molar-refractivity contribution in [3.63, 3.8) is 0 Å². The van der Waals surface area contributed by atoms with E-state index in [1.54, 1.807) is 28.8 Å². The first-order chi connectivity index (χ1) is 13.0. The number of carbonyl (C=O) groups excluding carboxylic acids is 2. The molecule has 1 atom stereocenters. The molecule has 1 aromatic carbocycles. The van der Waals surface area contributed by atoms with E-state index in [1.807, 2.05) is 0 Å². The molecule has 0 radical (unpaired) electrons. The molecule has 140 valence electrons. The maximum absolute atomic E-state index is 12.9. The minimum atomic E-state index is -0.511. The Kier molecular flexibility index (Phi) is 4.73. The number of hydrogen-bond donors (Lipinski definition) is 2. The maximum atomic E-state index is 12.9. The highest BCUT2D eigenvalue weighted by Crippen LogP contribution is 2.33. The molecule has 2 amide bonds. The van der Waals surface area contributed by atoms with E-state index in [0.717, 1.165) is 42.1 Å². The molecule has 0 spiro atoms. The summed E-state index contributed by atoms with van der Waals surface area (Å²) in [6, 6.07) is 6.22. The number of hydrogen-bond acceptors (Lipinski definition) is 5. The fraction of sp³-hybridized carbons (Fsp3) is 0.368. The van der Waals surface area contributed by atoms with Crippen molar-refractivity contribution in [1.29, 1.82) is 0 Å². The van der Waals surface area contributed by atoms with Crippen molar-refractivity contribution in [2.75, 3.05) is 11.1 Å². The standard InChI is InChI=1S/C19H20N4O3S/c20-17(25)11-5-7-12(8-6-11)21-16(24)9-13-10-27-19-22-15-4-2-1-3-14(15)18(26)23(13)19/h5-8,13H,1-4,9-10H2,(H2,20,25)(H,21,24). The third-order valence-corrected chi connectivity index (χ3v) is 6.09. The van der Waals surface area contributed by atoms with E-state index >= 15 is 0 Å². The number of primary amides is 1. The predicted molar refractivity (Wildman–Crippen MR) is 103 cm³/mol. The quantitative estimate of drug-likeness (QED) is 0.783. The Labute approximate surface area is 160 Å². The van der Waals surface area contributed by atoms with E-state index in [0.29, 0.717) is 17.0 Å². The third-order valence-electron chi connectivity index (χ3n) is 5.00. The smallest absolute Gasteiger partial charge is 0.257 e. The molecule has 1 aromatic heterocycles.